The van der Waals surface area contributed by atoms with Crippen molar-refractivity contribution in [1.29, 1.82) is 5.26 Å². The molecule has 0 saturated carbocycles. The molecule has 9 heteroatoms. The van der Waals surface area contributed by atoms with Gasteiger partial charge in [0, 0.05) is 17.5 Å². The molecule has 1 amide bonds. The van der Waals surface area contributed by atoms with E-state index in [1.165, 1.54) is 24.3 Å². The molecule has 0 aromatic heterocycles. The van der Waals surface area contributed by atoms with Crippen molar-refractivity contribution in [2.24, 2.45) is 0 Å². The lowest BCUT2D eigenvalue weighted by Gasteiger charge is -2.19. The fourth-order valence-electron chi connectivity index (χ4n) is 3.38. The van der Waals surface area contributed by atoms with Crippen LogP contribution in [0.3, 0.4) is 0 Å². The smallest absolute Gasteiger partial charge is 0.310 e. The monoisotopic (exact) mass is 542 g/mol. The van der Waals surface area contributed by atoms with Crippen LogP contribution in [0, 0.1) is 17.1 Å². The minimum absolute atomic E-state index is 0.00967. The third kappa shape index (κ3) is 8.49. The van der Waals surface area contributed by atoms with Crippen LogP contribution in [-0.2, 0) is 22.4 Å². The van der Waals surface area contributed by atoms with Gasteiger partial charge in [0.15, 0.2) is 0 Å². The lowest BCUT2D eigenvalue weighted by atomic mass is 10.1. The van der Waals surface area contributed by atoms with Gasteiger partial charge in [-0.05, 0) is 68.3 Å². The van der Waals surface area contributed by atoms with Gasteiger partial charge in [-0.2, -0.15) is 5.26 Å². The Hall–Kier alpha value is -3.60. The van der Waals surface area contributed by atoms with Crippen LogP contribution >= 0.6 is 23.2 Å². The number of nitrogens with one attached hydrogen (secondary N) is 1. The summed E-state index contributed by atoms with van der Waals surface area (Å²) in [5.41, 5.74) is 0.0104. The number of rotatable bonds is 8. The van der Waals surface area contributed by atoms with Crippen LogP contribution in [-0.4, -0.2) is 23.0 Å². The lowest BCUT2D eigenvalue weighted by molar-refractivity contribution is -0.153. The maximum atomic E-state index is 14.7. The Morgan fingerprint density at radius 3 is 2.35 bits per heavy atom. The summed E-state index contributed by atoms with van der Waals surface area (Å²) in [4.78, 5) is 24.6. The molecule has 6 nitrogen and oxygen atoms in total. The van der Waals surface area contributed by atoms with Crippen molar-refractivity contribution in [3.05, 3.63) is 93.8 Å². The zero-order valence-corrected chi connectivity index (χ0v) is 22.0. The first-order chi connectivity index (χ1) is 17.4. The first-order valence-corrected chi connectivity index (χ1v) is 12.2. The molecule has 0 aliphatic heterocycles. The highest BCUT2D eigenvalue weighted by Crippen LogP contribution is 2.28. The van der Waals surface area contributed by atoms with Gasteiger partial charge in [-0.1, -0.05) is 41.4 Å². The summed E-state index contributed by atoms with van der Waals surface area (Å²) in [6.07, 6.45) is 0.318. The van der Waals surface area contributed by atoms with E-state index in [0.29, 0.717) is 17.0 Å². The van der Waals surface area contributed by atoms with E-state index in [1.54, 1.807) is 51.1 Å². The molecule has 0 heterocycles. The summed E-state index contributed by atoms with van der Waals surface area (Å²) < 4.78 is 25.7. The summed E-state index contributed by atoms with van der Waals surface area (Å²) >= 11 is 12.1. The minimum atomic E-state index is -0.814. The number of alkyl halides is 1. The fraction of sp³-hybridized carbons (Fsp3) is 0.250. The number of esters is 1. The molecule has 0 bridgehead atoms. The second-order valence-corrected chi connectivity index (χ2v) is 10.2. The van der Waals surface area contributed by atoms with Crippen molar-refractivity contribution in [3.8, 4) is 17.6 Å². The van der Waals surface area contributed by atoms with Crippen LogP contribution in [0.1, 0.15) is 47.8 Å². The number of ether oxygens (including phenoxy) is 2. The van der Waals surface area contributed by atoms with Gasteiger partial charge in [-0.15, -0.1) is 0 Å². The highest BCUT2D eigenvalue weighted by Gasteiger charge is 2.19. The number of benzene rings is 3. The van der Waals surface area contributed by atoms with Crippen molar-refractivity contribution in [2.45, 2.75) is 44.7 Å². The Labute approximate surface area is 224 Å². The molecule has 0 saturated heterocycles. The van der Waals surface area contributed by atoms with Crippen LogP contribution in [0.25, 0.3) is 0 Å². The highest BCUT2D eigenvalue weighted by atomic mass is 35.5. The topological polar surface area (TPSA) is 88.4 Å². The van der Waals surface area contributed by atoms with E-state index in [4.69, 9.17) is 32.7 Å². The average Bonchev–Trinajstić information content (AvgIpc) is 2.80. The summed E-state index contributed by atoms with van der Waals surface area (Å²) in [5.74, 6) is -1.65. The van der Waals surface area contributed by atoms with Crippen molar-refractivity contribution < 1.29 is 23.5 Å². The molecule has 3 aromatic carbocycles. The van der Waals surface area contributed by atoms with Crippen molar-refractivity contribution in [2.75, 3.05) is 0 Å². The van der Waals surface area contributed by atoms with Gasteiger partial charge in [-0.25, -0.2) is 4.39 Å². The number of hydrogen-bond donors (Lipinski definition) is 1. The van der Waals surface area contributed by atoms with Crippen molar-refractivity contribution in [1.82, 2.24) is 5.32 Å². The molecule has 37 heavy (non-hydrogen) atoms. The summed E-state index contributed by atoms with van der Waals surface area (Å²) in [5, 5.41) is 12.7. The second kappa shape index (κ2) is 12.1. The molecule has 192 valence electrons. The Morgan fingerprint density at radius 1 is 1.05 bits per heavy atom. The standard InChI is InChI=1S/C28H25Cl2FN2O4/c1-28(2,3)37-26(34)14-18-6-11-24(19(12-18)16-32)36-21-9-10-22(23(31)15-21)27(35)33-25(30)13-17-4-7-20(29)8-5-17/h4-12,15,25H,13-14H2,1-3H3,(H,33,35). The summed E-state index contributed by atoms with van der Waals surface area (Å²) in [6.45, 7) is 5.31. The number of hydrogen-bond acceptors (Lipinski definition) is 5. The molecule has 0 spiro atoms. The Morgan fingerprint density at radius 2 is 1.73 bits per heavy atom. The van der Waals surface area contributed by atoms with Crippen molar-refractivity contribution in [3.63, 3.8) is 0 Å². The number of halogens is 3. The predicted octanol–water partition coefficient (Wildman–Crippen LogP) is 6.56. The normalized spacial score (nSPS) is 11.8. The minimum Gasteiger partial charge on any atom is -0.460 e. The van der Waals surface area contributed by atoms with E-state index >= 15 is 0 Å². The van der Waals surface area contributed by atoms with Crippen molar-refractivity contribution >= 4 is 35.1 Å². The van der Waals surface area contributed by atoms with Crippen LogP contribution < -0.4 is 10.1 Å². The SMILES string of the molecule is CC(C)(C)OC(=O)Cc1ccc(Oc2ccc(C(=O)NC(Cl)Cc3ccc(Cl)cc3)c(F)c2)c(C#N)c1. The molecule has 0 aliphatic rings. The van der Waals surface area contributed by atoms with Crippen LogP contribution in [0.15, 0.2) is 60.7 Å². The number of nitrogens with zero attached hydrogens (tertiary/aromatic N) is 1. The van der Waals surface area contributed by atoms with Gasteiger partial charge < -0.3 is 14.8 Å². The first-order valence-electron chi connectivity index (χ1n) is 11.3. The number of amides is 1. The number of carbonyl (C=O) groups excluding carboxylic acids is 2. The van der Waals surface area contributed by atoms with Crippen LogP contribution in [0.5, 0.6) is 11.5 Å². The van der Waals surface area contributed by atoms with Gasteiger partial charge in [0.2, 0.25) is 0 Å². The zero-order valence-electron chi connectivity index (χ0n) is 20.5. The van der Waals surface area contributed by atoms with E-state index in [-0.39, 0.29) is 29.0 Å². The molecule has 3 rings (SSSR count). The van der Waals surface area contributed by atoms with E-state index in [2.05, 4.69) is 5.32 Å². The molecule has 0 radical (unpaired) electrons. The Bertz CT molecular complexity index is 1330. The number of nitriles is 1. The van der Waals surface area contributed by atoms with Crippen LogP contribution in [0.4, 0.5) is 4.39 Å². The third-order valence-corrected chi connectivity index (χ3v) is 5.48. The van der Waals surface area contributed by atoms with Gasteiger partial charge in [0.1, 0.15) is 34.5 Å². The van der Waals surface area contributed by atoms with Gasteiger partial charge >= 0.3 is 5.97 Å². The fourth-order valence-corrected chi connectivity index (χ4v) is 3.78. The van der Waals surface area contributed by atoms with E-state index in [9.17, 15) is 19.2 Å². The van der Waals surface area contributed by atoms with Gasteiger partial charge in [0.25, 0.3) is 5.91 Å². The molecule has 0 aliphatic carbocycles. The van der Waals surface area contributed by atoms with E-state index in [1.807, 2.05) is 6.07 Å². The quantitative estimate of drug-likeness (QED) is 0.197. The first kappa shape index (κ1) is 28.0. The second-order valence-electron chi connectivity index (χ2n) is 9.22. The summed E-state index contributed by atoms with van der Waals surface area (Å²) in [7, 11) is 0. The molecular weight excluding hydrogens is 518 g/mol. The largest absolute Gasteiger partial charge is 0.460 e. The van der Waals surface area contributed by atoms with E-state index < -0.39 is 28.8 Å². The van der Waals surface area contributed by atoms with Gasteiger partial charge in [0.05, 0.1) is 17.5 Å². The summed E-state index contributed by atoms with van der Waals surface area (Å²) in [6, 6.07) is 17.4. The van der Waals surface area contributed by atoms with E-state index in [0.717, 1.165) is 11.6 Å². The zero-order chi connectivity index (χ0) is 27.2. The molecule has 3 aromatic rings. The average molecular weight is 543 g/mol. The van der Waals surface area contributed by atoms with Crippen LogP contribution in [0.2, 0.25) is 5.02 Å². The molecule has 0 fully saturated rings. The lowest BCUT2D eigenvalue weighted by Crippen LogP contribution is -2.32. The number of carbonyl (C=O) groups is 2. The maximum Gasteiger partial charge on any atom is 0.310 e. The molecule has 1 N–H and O–H groups in total. The molecule has 1 atom stereocenters. The molecular formula is C28H25Cl2FN2O4. The molecule has 1 unspecified atom stereocenters. The third-order valence-electron chi connectivity index (χ3n) is 4.96. The highest BCUT2D eigenvalue weighted by molar-refractivity contribution is 6.30. The predicted molar refractivity (Wildman–Crippen MR) is 139 cm³/mol. The maximum absolute atomic E-state index is 14.7. The Kier molecular flexibility index (Phi) is 9.14. The van der Waals surface area contributed by atoms with Gasteiger partial charge in [-0.3, -0.25) is 9.59 Å². The Balaban J connectivity index is 1.65.